The second-order valence-electron chi connectivity index (χ2n) is 5.92. The molecule has 0 aliphatic carbocycles. The SMILES string of the molecule is CC(O)CC1CCCN1C(=O)c1csc(-c2ccc(F)cc2)n1. The Balaban J connectivity index is 1.77. The highest BCUT2D eigenvalue weighted by atomic mass is 32.1. The number of thiazole rings is 1. The summed E-state index contributed by atoms with van der Waals surface area (Å²) in [5.41, 5.74) is 1.23. The van der Waals surface area contributed by atoms with Gasteiger partial charge < -0.3 is 10.0 Å². The van der Waals surface area contributed by atoms with Crippen molar-refractivity contribution >= 4 is 17.2 Å². The number of nitrogens with zero attached hydrogens (tertiary/aromatic N) is 2. The molecule has 23 heavy (non-hydrogen) atoms. The van der Waals surface area contributed by atoms with Gasteiger partial charge in [0.05, 0.1) is 6.10 Å². The molecule has 122 valence electrons. The Labute approximate surface area is 138 Å². The molecule has 0 saturated carbocycles. The van der Waals surface area contributed by atoms with Crippen molar-refractivity contribution in [3.05, 3.63) is 41.2 Å². The number of carbonyl (C=O) groups excluding carboxylic acids is 1. The van der Waals surface area contributed by atoms with Crippen LogP contribution in [0.15, 0.2) is 29.6 Å². The first-order chi connectivity index (χ1) is 11.0. The minimum atomic E-state index is -0.418. The summed E-state index contributed by atoms with van der Waals surface area (Å²) in [6.45, 7) is 2.45. The van der Waals surface area contributed by atoms with Gasteiger partial charge in [0.25, 0.3) is 5.91 Å². The van der Waals surface area contributed by atoms with E-state index in [1.165, 1.54) is 23.5 Å². The topological polar surface area (TPSA) is 53.4 Å². The Morgan fingerprint density at radius 3 is 2.91 bits per heavy atom. The number of halogens is 1. The average Bonchev–Trinajstić information content (AvgIpc) is 3.16. The summed E-state index contributed by atoms with van der Waals surface area (Å²) in [4.78, 5) is 18.9. The van der Waals surface area contributed by atoms with Crippen molar-refractivity contribution in [1.29, 1.82) is 0 Å². The van der Waals surface area contributed by atoms with Gasteiger partial charge in [-0.15, -0.1) is 11.3 Å². The molecule has 0 radical (unpaired) electrons. The zero-order chi connectivity index (χ0) is 16.4. The molecule has 1 aliphatic rings. The van der Waals surface area contributed by atoms with Crippen LogP contribution < -0.4 is 0 Å². The molecule has 0 spiro atoms. The maximum absolute atomic E-state index is 13.0. The van der Waals surface area contributed by atoms with E-state index >= 15 is 0 Å². The number of aromatic nitrogens is 1. The first-order valence-corrected chi connectivity index (χ1v) is 8.63. The van der Waals surface area contributed by atoms with Crippen LogP contribution in [0.25, 0.3) is 10.6 Å². The van der Waals surface area contributed by atoms with E-state index < -0.39 is 6.10 Å². The molecule has 0 bridgehead atoms. The largest absolute Gasteiger partial charge is 0.393 e. The molecule has 1 aromatic carbocycles. The standard InChI is InChI=1S/C17H19FN2O2S/c1-11(21)9-14-3-2-8-20(14)17(22)15-10-23-16(19-15)12-4-6-13(18)7-5-12/h4-7,10-11,14,21H,2-3,8-9H2,1H3. The summed E-state index contributed by atoms with van der Waals surface area (Å²) in [6, 6.07) is 6.18. The third-order valence-corrected chi connectivity index (χ3v) is 4.96. The Bertz CT molecular complexity index is 684. The van der Waals surface area contributed by atoms with E-state index in [0.717, 1.165) is 18.4 Å². The molecule has 6 heteroatoms. The number of hydrogen-bond acceptors (Lipinski definition) is 4. The van der Waals surface area contributed by atoms with Gasteiger partial charge in [-0.05, 0) is 50.5 Å². The van der Waals surface area contributed by atoms with E-state index in [2.05, 4.69) is 4.98 Å². The van der Waals surface area contributed by atoms with Crippen LogP contribution in [0.2, 0.25) is 0 Å². The number of benzene rings is 1. The monoisotopic (exact) mass is 334 g/mol. The summed E-state index contributed by atoms with van der Waals surface area (Å²) >= 11 is 1.38. The number of aliphatic hydroxyl groups excluding tert-OH is 1. The van der Waals surface area contributed by atoms with Gasteiger partial charge in [0.15, 0.2) is 0 Å². The third kappa shape index (κ3) is 3.59. The van der Waals surface area contributed by atoms with Crippen molar-refractivity contribution in [2.24, 2.45) is 0 Å². The van der Waals surface area contributed by atoms with E-state index in [1.54, 1.807) is 24.4 Å². The minimum Gasteiger partial charge on any atom is -0.393 e. The summed E-state index contributed by atoms with van der Waals surface area (Å²) in [7, 11) is 0. The lowest BCUT2D eigenvalue weighted by molar-refractivity contribution is 0.0677. The van der Waals surface area contributed by atoms with E-state index in [-0.39, 0.29) is 17.8 Å². The van der Waals surface area contributed by atoms with Crippen LogP contribution in [-0.2, 0) is 0 Å². The van der Waals surface area contributed by atoms with Crippen molar-refractivity contribution in [2.45, 2.75) is 38.3 Å². The molecule has 1 aromatic heterocycles. The van der Waals surface area contributed by atoms with Gasteiger partial charge in [0.2, 0.25) is 0 Å². The lowest BCUT2D eigenvalue weighted by Crippen LogP contribution is -2.37. The average molecular weight is 334 g/mol. The highest BCUT2D eigenvalue weighted by molar-refractivity contribution is 7.13. The number of carbonyl (C=O) groups is 1. The van der Waals surface area contributed by atoms with Crippen molar-refractivity contribution < 1.29 is 14.3 Å². The molecular formula is C17H19FN2O2S. The highest BCUT2D eigenvalue weighted by Gasteiger charge is 2.31. The predicted molar refractivity (Wildman–Crippen MR) is 87.9 cm³/mol. The first-order valence-electron chi connectivity index (χ1n) is 7.75. The fraction of sp³-hybridized carbons (Fsp3) is 0.412. The number of aliphatic hydroxyl groups is 1. The maximum atomic E-state index is 13.0. The molecule has 2 heterocycles. The van der Waals surface area contributed by atoms with Gasteiger partial charge in [-0.1, -0.05) is 0 Å². The fourth-order valence-electron chi connectivity index (χ4n) is 2.99. The Kier molecular flexibility index (Phi) is 4.73. The summed E-state index contributed by atoms with van der Waals surface area (Å²) in [6.07, 6.45) is 2.06. The van der Waals surface area contributed by atoms with E-state index in [4.69, 9.17) is 0 Å². The summed E-state index contributed by atoms with van der Waals surface area (Å²) in [5.74, 6) is -0.377. The normalized spacial score (nSPS) is 19.1. The molecule has 1 amide bonds. The van der Waals surface area contributed by atoms with Gasteiger partial charge in [0, 0.05) is 23.5 Å². The second-order valence-corrected chi connectivity index (χ2v) is 6.78. The number of likely N-dealkylation sites (tertiary alicyclic amines) is 1. The van der Waals surface area contributed by atoms with E-state index in [1.807, 2.05) is 4.90 Å². The zero-order valence-electron chi connectivity index (χ0n) is 12.9. The number of hydrogen-bond donors (Lipinski definition) is 1. The van der Waals surface area contributed by atoms with E-state index in [0.29, 0.717) is 23.7 Å². The smallest absolute Gasteiger partial charge is 0.273 e. The third-order valence-electron chi connectivity index (χ3n) is 4.07. The lowest BCUT2D eigenvalue weighted by Gasteiger charge is -2.24. The molecule has 2 unspecified atom stereocenters. The first kappa shape index (κ1) is 16.1. The van der Waals surface area contributed by atoms with Crippen LogP contribution >= 0.6 is 11.3 Å². The molecule has 1 aliphatic heterocycles. The van der Waals surface area contributed by atoms with Crippen LogP contribution in [0.3, 0.4) is 0 Å². The summed E-state index contributed by atoms with van der Waals surface area (Å²) < 4.78 is 13.0. The maximum Gasteiger partial charge on any atom is 0.273 e. The van der Waals surface area contributed by atoms with Gasteiger partial charge in [-0.25, -0.2) is 9.37 Å². The van der Waals surface area contributed by atoms with Crippen LogP contribution in [0.5, 0.6) is 0 Å². The molecule has 1 fully saturated rings. The number of rotatable bonds is 4. The van der Waals surface area contributed by atoms with Crippen LogP contribution in [0, 0.1) is 5.82 Å². The van der Waals surface area contributed by atoms with Crippen molar-refractivity contribution in [2.75, 3.05) is 6.54 Å². The Hall–Kier alpha value is -1.79. The Morgan fingerprint density at radius 1 is 1.48 bits per heavy atom. The van der Waals surface area contributed by atoms with Gasteiger partial charge in [-0.3, -0.25) is 4.79 Å². The lowest BCUT2D eigenvalue weighted by atomic mass is 10.1. The highest BCUT2D eigenvalue weighted by Crippen LogP contribution is 2.27. The zero-order valence-corrected chi connectivity index (χ0v) is 13.7. The van der Waals surface area contributed by atoms with Crippen molar-refractivity contribution in [3.63, 3.8) is 0 Å². The molecule has 2 atom stereocenters. The predicted octanol–water partition coefficient (Wildman–Crippen LogP) is 3.32. The Morgan fingerprint density at radius 2 is 2.22 bits per heavy atom. The van der Waals surface area contributed by atoms with Crippen LogP contribution in [0.1, 0.15) is 36.7 Å². The molecule has 1 saturated heterocycles. The van der Waals surface area contributed by atoms with Crippen LogP contribution in [0.4, 0.5) is 4.39 Å². The van der Waals surface area contributed by atoms with E-state index in [9.17, 15) is 14.3 Å². The minimum absolute atomic E-state index is 0.0819. The van der Waals surface area contributed by atoms with Gasteiger partial charge >= 0.3 is 0 Å². The molecule has 1 N–H and O–H groups in total. The molecular weight excluding hydrogens is 315 g/mol. The number of amides is 1. The second kappa shape index (κ2) is 6.76. The van der Waals surface area contributed by atoms with Crippen molar-refractivity contribution in [3.8, 4) is 10.6 Å². The van der Waals surface area contributed by atoms with Crippen LogP contribution in [-0.4, -0.2) is 39.6 Å². The molecule has 2 aromatic rings. The van der Waals surface area contributed by atoms with Gasteiger partial charge in [0.1, 0.15) is 16.5 Å². The summed E-state index contributed by atoms with van der Waals surface area (Å²) in [5, 5.41) is 12.0. The molecule has 3 rings (SSSR count). The van der Waals surface area contributed by atoms with Gasteiger partial charge in [-0.2, -0.15) is 0 Å². The van der Waals surface area contributed by atoms with Crippen molar-refractivity contribution in [1.82, 2.24) is 9.88 Å². The molecule has 4 nitrogen and oxygen atoms in total. The fourth-order valence-corrected chi connectivity index (χ4v) is 3.79. The quantitative estimate of drug-likeness (QED) is 0.933.